The predicted molar refractivity (Wildman–Crippen MR) is 97.0 cm³/mol. The molecular weight excluding hydrogens is 324 g/mol. The van der Waals surface area contributed by atoms with Crippen LogP contribution in [0.25, 0.3) is 10.9 Å². The molecule has 0 spiro atoms. The Hall–Kier alpha value is -2.30. The molecule has 0 aliphatic carbocycles. The Balaban J connectivity index is 1.85. The van der Waals surface area contributed by atoms with Crippen molar-refractivity contribution in [3.05, 3.63) is 59.1 Å². The number of rotatable bonds is 5. The van der Waals surface area contributed by atoms with E-state index in [2.05, 4.69) is 4.98 Å². The standard InChI is InChI=1S/C19H19ClN2O2/c1-3-23-18-8-6-15(11-16(18)20)24-19-9-5-14-10-13(12(2)21)4-7-17(14)22-19/h4-12H,3,21H2,1-2H3. The number of benzene rings is 2. The van der Waals surface area contributed by atoms with Crippen LogP contribution in [0.5, 0.6) is 17.4 Å². The molecule has 5 heteroatoms. The average Bonchev–Trinajstić information content (AvgIpc) is 2.57. The predicted octanol–water partition coefficient (Wildman–Crippen LogP) is 5.10. The van der Waals surface area contributed by atoms with Crippen molar-refractivity contribution in [1.82, 2.24) is 4.98 Å². The van der Waals surface area contributed by atoms with Crippen LogP contribution >= 0.6 is 11.6 Å². The molecule has 1 aromatic heterocycles. The first-order valence-electron chi connectivity index (χ1n) is 7.83. The van der Waals surface area contributed by atoms with Gasteiger partial charge in [-0.2, -0.15) is 0 Å². The van der Waals surface area contributed by atoms with E-state index in [0.29, 0.717) is 29.0 Å². The van der Waals surface area contributed by atoms with Gasteiger partial charge < -0.3 is 15.2 Å². The number of aromatic nitrogens is 1. The number of pyridine rings is 1. The van der Waals surface area contributed by atoms with E-state index in [-0.39, 0.29) is 6.04 Å². The summed E-state index contributed by atoms with van der Waals surface area (Å²) in [5.74, 6) is 1.76. The van der Waals surface area contributed by atoms with Gasteiger partial charge >= 0.3 is 0 Å². The highest BCUT2D eigenvalue weighted by atomic mass is 35.5. The monoisotopic (exact) mass is 342 g/mol. The van der Waals surface area contributed by atoms with E-state index in [1.54, 1.807) is 12.1 Å². The summed E-state index contributed by atoms with van der Waals surface area (Å²) in [4.78, 5) is 4.52. The maximum atomic E-state index is 6.18. The summed E-state index contributed by atoms with van der Waals surface area (Å²) in [6.45, 7) is 4.44. The zero-order chi connectivity index (χ0) is 17.1. The molecule has 2 aromatic carbocycles. The Labute approximate surface area is 146 Å². The molecule has 0 aliphatic rings. The summed E-state index contributed by atoms with van der Waals surface area (Å²) in [6, 6.07) is 15.1. The highest BCUT2D eigenvalue weighted by molar-refractivity contribution is 6.32. The van der Waals surface area contributed by atoms with Gasteiger partial charge in [0.15, 0.2) is 0 Å². The van der Waals surface area contributed by atoms with Gasteiger partial charge in [-0.15, -0.1) is 0 Å². The molecule has 0 radical (unpaired) electrons. The number of nitrogens with zero attached hydrogens (tertiary/aromatic N) is 1. The highest BCUT2D eigenvalue weighted by Crippen LogP contribution is 2.31. The van der Waals surface area contributed by atoms with Crippen LogP contribution in [0.4, 0.5) is 0 Å². The molecule has 24 heavy (non-hydrogen) atoms. The minimum atomic E-state index is -0.00340. The quantitative estimate of drug-likeness (QED) is 0.700. The fourth-order valence-electron chi connectivity index (χ4n) is 2.40. The summed E-state index contributed by atoms with van der Waals surface area (Å²) >= 11 is 6.18. The van der Waals surface area contributed by atoms with E-state index in [4.69, 9.17) is 26.8 Å². The van der Waals surface area contributed by atoms with Crippen LogP contribution < -0.4 is 15.2 Å². The maximum absolute atomic E-state index is 6.18. The van der Waals surface area contributed by atoms with Crippen molar-refractivity contribution in [1.29, 1.82) is 0 Å². The van der Waals surface area contributed by atoms with Gasteiger partial charge in [-0.1, -0.05) is 17.7 Å². The van der Waals surface area contributed by atoms with Gasteiger partial charge in [0.2, 0.25) is 5.88 Å². The number of fused-ring (bicyclic) bond motifs is 1. The molecule has 1 heterocycles. The molecule has 1 unspecified atom stereocenters. The first-order valence-corrected chi connectivity index (χ1v) is 8.21. The van der Waals surface area contributed by atoms with E-state index in [1.165, 1.54) is 0 Å². The van der Waals surface area contributed by atoms with Crippen molar-refractivity contribution in [2.45, 2.75) is 19.9 Å². The molecule has 0 aliphatic heterocycles. The molecule has 0 saturated heterocycles. The van der Waals surface area contributed by atoms with Crippen LogP contribution in [0.3, 0.4) is 0 Å². The van der Waals surface area contributed by atoms with Crippen LogP contribution in [-0.4, -0.2) is 11.6 Å². The van der Waals surface area contributed by atoms with Crippen molar-refractivity contribution in [2.24, 2.45) is 5.73 Å². The Morgan fingerprint density at radius 3 is 2.67 bits per heavy atom. The SMILES string of the molecule is CCOc1ccc(Oc2ccc3cc(C(C)N)ccc3n2)cc1Cl. The number of hydrogen-bond acceptors (Lipinski definition) is 4. The van der Waals surface area contributed by atoms with Gasteiger partial charge in [0.05, 0.1) is 17.1 Å². The summed E-state index contributed by atoms with van der Waals surface area (Å²) in [5.41, 5.74) is 7.85. The topological polar surface area (TPSA) is 57.4 Å². The number of nitrogens with two attached hydrogens (primary N) is 1. The van der Waals surface area contributed by atoms with Gasteiger partial charge in [-0.3, -0.25) is 0 Å². The summed E-state index contributed by atoms with van der Waals surface area (Å²) in [6.07, 6.45) is 0. The van der Waals surface area contributed by atoms with Gasteiger partial charge in [0.25, 0.3) is 0 Å². The molecule has 3 rings (SSSR count). The molecule has 0 fully saturated rings. The van der Waals surface area contributed by atoms with Crippen LogP contribution in [0.1, 0.15) is 25.5 Å². The highest BCUT2D eigenvalue weighted by Gasteiger charge is 2.07. The largest absolute Gasteiger partial charge is 0.492 e. The summed E-state index contributed by atoms with van der Waals surface area (Å²) in [7, 11) is 0. The Bertz CT molecular complexity index is 865. The second-order valence-corrected chi connectivity index (χ2v) is 5.92. The van der Waals surface area contributed by atoms with Crippen LogP contribution in [0, 0.1) is 0 Å². The third-order valence-electron chi connectivity index (χ3n) is 3.64. The van der Waals surface area contributed by atoms with E-state index in [0.717, 1.165) is 16.5 Å². The molecule has 0 amide bonds. The fraction of sp³-hybridized carbons (Fsp3) is 0.211. The van der Waals surface area contributed by atoms with Crippen LogP contribution in [-0.2, 0) is 0 Å². The molecular formula is C19H19ClN2O2. The third kappa shape index (κ3) is 3.61. The first-order chi connectivity index (χ1) is 11.6. The zero-order valence-corrected chi connectivity index (χ0v) is 14.4. The van der Waals surface area contributed by atoms with E-state index < -0.39 is 0 Å². The van der Waals surface area contributed by atoms with Crippen molar-refractivity contribution < 1.29 is 9.47 Å². The molecule has 3 aromatic rings. The lowest BCUT2D eigenvalue weighted by Crippen LogP contribution is -2.04. The van der Waals surface area contributed by atoms with E-state index in [1.807, 2.05) is 50.2 Å². The number of ether oxygens (including phenoxy) is 2. The second kappa shape index (κ2) is 7.07. The minimum absolute atomic E-state index is 0.00340. The summed E-state index contributed by atoms with van der Waals surface area (Å²) in [5, 5.41) is 1.54. The van der Waals surface area contributed by atoms with Gasteiger partial charge in [0, 0.05) is 23.6 Å². The van der Waals surface area contributed by atoms with E-state index in [9.17, 15) is 0 Å². The molecule has 2 N–H and O–H groups in total. The molecule has 0 bridgehead atoms. The first kappa shape index (κ1) is 16.6. The Morgan fingerprint density at radius 2 is 1.96 bits per heavy atom. The number of hydrogen-bond donors (Lipinski definition) is 1. The van der Waals surface area contributed by atoms with Crippen molar-refractivity contribution in [2.75, 3.05) is 6.61 Å². The lowest BCUT2D eigenvalue weighted by atomic mass is 10.1. The molecule has 4 nitrogen and oxygen atoms in total. The number of halogens is 1. The van der Waals surface area contributed by atoms with Gasteiger partial charge in [-0.25, -0.2) is 4.98 Å². The molecule has 124 valence electrons. The maximum Gasteiger partial charge on any atom is 0.219 e. The average molecular weight is 343 g/mol. The van der Waals surface area contributed by atoms with E-state index >= 15 is 0 Å². The molecule has 1 atom stereocenters. The van der Waals surface area contributed by atoms with Crippen molar-refractivity contribution >= 4 is 22.5 Å². The zero-order valence-electron chi connectivity index (χ0n) is 13.6. The smallest absolute Gasteiger partial charge is 0.219 e. The van der Waals surface area contributed by atoms with Crippen molar-refractivity contribution in [3.8, 4) is 17.4 Å². The summed E-state index contributed by atoms with van der Waals surface area (Å²) < 4.78 is 11.2. The van der Waals surface area contributed by atoms with Gasteiger partial charge in [0.1, 0.15) is 11.5 Å². The normalized spacial score (nSPS) is 12.2. The lowest BCUT2D eigenvalue weighted by molar-refractivity contribution is 0.339. The van der Waals surface area contributed by atoms with Crippen molar-refractivity contribution in [3.63, 3.8) is 0 Å². The van der Waals surface area contributed by atoms with Crippen LogP contribution in [0.2, 0.25) is 5.02 Å². The lowest BCUT2D eigenvalue weighted by Gasteiger charge is -2.10. The van der Waals surface area contributed by atoms with Gasteiger partial charge in [-0.05, 0) is 49.7 Å². The molecule has 0 saturated carbocycles. The Kier molecular flexibility index (Phi) is 4.88. The second-order valence-electron chi connectivity index (χ2n) is 5.52. The Morgan fingerprint density at radius 1 is 1.12 bits per heavy atom. The third-order valence-corrected chi connectivity index (χ3v) is 3.93. The van der Waals surface area contributed by atoms with Crippen LogP contribution in [0.15, 0.2) is 48.5 Å². The fourth-order valence-corrected chi connectivity index (χ4v) is 2.63. The minimum Gasteiger partial charge on any atom is -0.492 e.